The van der Waals surface area contributed by atoms with Gasteiger partial charge in [-0.15, -0.1) is 0 Å². The fraction of sp³-hybridized carbons (Fsp3) is 1.00. The second kappa shape index (κ2) is 4.99. The molecule has 1 saturated carbocycles. The van der Waals surface area contributed by atoms with E-state index in [0.29, 0.717) is 6.04 Å². The first-order valence-corrected chi connectivity index (χ1v) is 5.89. The molecule has 1 heteroatoms. The highest BCUT2D eigenvalue weighted by Gasteiger charge is 2.27. The van der Waals surface area contributed by atoms with Gasteiger partial charge in [-0.2, -0.15) is 0 Å². The van der Waals surface area contributed by atoms with Gasteiger partial charge in [-0.05, 0) is 43.4 Å². The van der Waals surface area contributed by atoms with Crippen LogP contribution in [-0.2, 0) is 0 Å². The van der Waals surface area contributed by atoms with E-state index in [1.807, 2.05) is 0 Å². The lowest BCUT2D eigenvalue weighted by molar-refractivity contribution is 0.188. The van der Waals surface area contributed by atoms with E-state index in [2.05, 4.69) is 20.8 Å². The molecule has 0 aromatic heterocycles. The van der Waals surface area contributed by atoms with Crippen LogP contribution in [0.2, 0.25) is 0 Å². The summed E-state index contributed by atoms with van der Waals surface area (Å²) in [5.74, 6) is 2.60. The van der Waals surface area contributed by atoms with Crippen LogP contribution < -0.4 is 5.73 Å². The molecule has 0 saturated heterocycles. The van der Waals surface area contributed by atoms with Gasteiger partial charge in [0.15, 0.2) is 0 Å². The first-order chi connectivity index (χ1) is 6.13. The summed E-state index contributed by atoms with van der Waals surface area (Å²) in [6, 6.07) is 0.468. The van der Waals surface area contributed by atoms with Crippen molar-refractivity contribution in [1.29, 1.82) is 0 Å². The number of rotatable bonds is 3. The van der Waals surface area contributed by atoms with Gasteiger partial charge in [-0.25, -0.2) is 0 Å². The lowest BCUT2D eigenvalue weighted by Crippen LogP contribution is -2.35. The second-order valence-corrected chi connectivity index (χ2v) is 5.13. The molecular weight excluding hydrogens is 158 g/mol. The molecule has 1 rings (SSSR count). The highest BCUT2D eigenvalue weighted by atomic mass is 14.7. The second-order valence-electron chi connectivity index (χ2n) is 5.13. The summed E-state index contributed by atoms with van der Waals surface area (Å²) in [6.07, 6.45) is 6.59. The van der Waals surface area contributed by atoms with Gasteiger partial charge in [0, 0.05) is 6.04 Å². The third-order valence-electron chi connectivity index (χ3n) is 3.44. The Balaban J connectivity index is 2.40. The molecule has 0 amide bonds. The SMILES string of the molecule is CCCC(N)C1CC(C)CC(C)C1. The van der Waals surface area contributed by atoms with Crippen LogP contribution in [0.15, 0.2) is 0 Å². The summed E-state index contributed by atoms with van der Waals surface area (Å²) in [5.41, 5.74) is 6.18. The molecule has 0 radical (unpaired) electrons. The zero-order valence-corrected chi connectivity index (χ0v) is 9.42. The summed E-state index contributed by atoms with van der Waals surface area (Å²) in [6.45, 7) is 6.98. The molecule has 3 atom stereocenters. The van der Waals surface area contributed by atoms with Gasteiger partial charge in [0.05, 0.1) is 0 Å². The molecule has 0 aliphatic heterocycles. The van der Waals surface area contributed by atoms with Gasteiger partial charge in [0.25, 0.3) is 0 Å². The normalized spacial score (nSPS) is 37.4. The van der Waals surface area contributed by atoms with Crippen molar-refractivity contribution in [3.05, 3.63) is 0 Å². The van der Waals surface area contributed by atoms with Crippen molar-refractivity contribution < 1.29 is 0 Å². The lowest BCUT2D eigenvalue weighted by Gasteiger charge is -2.34. The maximum atomic E-state index is 6.18. The zero-order valence-electron chi connectivity index (χ0n) is 9.42. The molecule has 0 bridgehead atoms. The van der Waals surface area contributed by atoms with Crippen LogP contribution in [0, 0.1) is 17.8 Å². The van der Waals surface area contributed by atoms with Crippen LogP contribution in [0.1, 0.15) is 52.9 Å². The van der Waals surface area contributed by atoms with Crippen LogP contribution in [0.4, 0.5) is 0 Å². The molecule has 0 aromatic rings. The van der Waals surface area contributed by atoms with Gasteiger partial charge < -0.3 is 5.73 Å². The van der Waals surface area contributed by atoms with Crippen LogP contribution in [0.5, 0.6) is 0 Å². The van der Waals surface area contributed by atoms with Crippen molar-refractivity contribution in [3.8, 4) is 0 Å². The quantitative estimate of drug-likeness (QED) is 0.714. The van der Waals surface area contributed by atoms with E-state index in [1.165, 1.54) is 32.1 Å². The molecule has 1 fully saturated rings. The first kappa shape index (κ1) is 11.0. The summed E-state index contributed by atoms with van der Waals surface area (Å²) < 4.78 is 0. The van der Waals surface area contributed by atoms with E-state index in [4.69, 9.17) is 5.73 Å². The predicted molar refractivity (Wildman–Crippen MR) is 58.6 cm³/mol. The Morgan fingerprint density at radius 1 is 1.15 bits per heavy atom. The van der Waals surface area contributed by atoms with E-state index in [-0.39, 0.29) is 0 Å². The Morgan fingerprint density at radius 3 is 2.15 bits per heavy atom. The van der Waals surface area contributed by atoms with Crippen LogP contribution in [0.3, 0.4) is 0 Å². The Labute approximate surface area is 83.1 Å². The third kappa shape index (κ3) is 3.30. The lowest BCUT2D eigenvalue weighted by atomic mass is 9.73. The van der Waals surface area contributed by atoms with Gasteiger partial charge in [-0.1, -0.05) is 27.2 Å². The molecule has 0 spiro atoms. The minimum absolute atomic E-state index is 0.468. The third-order valence-corrected chi connectivity index (χ3v) is 3.44. The van der Waals surface area contributed by atoms with Crippen LogP contribution in [-0.4, -0.2) is 6.04 Å². The van der Waals surface area contributed by atoms with E-state index in [1.54, 1.807) is 0 Å². The summed E-state index contributed by atoms with van der Waals surface area (Å²) >= 11 is 0. The Bertz CT molecular complexity index is 134. The minimum atomic E-state index is 0.468. The van der Waals surface area contributed by atoms with E-state index in [0.717, 1.165) is 17.8 Å². The average Bonchev–Trinajstić information content (AvgIpc) is 2.03. The molecule has 2 N–H and O–H groups in total. The maximum absolute atomic E-state index is 6.18. The number of hydrogen-bond donors (Lipinski definition) is 1. The van der Waals surface area contributed by atoms with Crippen molar-refractivity contribution in [1.82, 2.24) is 0 Å². The van der Waals surface area contributed by atoms with Crippen LogP contribution >= 0.6 is 0 Å². The minimum Gasteiger partial charge on any atom is -0.327 e. The molecule has 0 heterocycles. The highest BCUT2D eigenvalue weighted by molar-refractivity contribution is 4.81. The average molecular weight is 183 g/mol. The fourth-order valence-corrected chi connectivity index (χ4v) is 2.93. The Kier molecular flexibility index (Phi) is 4.24. The highest BCUT2D eigenvalue weighted by Crippen LogP contribution is 2.34. The molecule has 1 aliphatic carbocycles. The van der Waals surface area contributed by atoms with Crippen molar-refractivity contribution in [2.75, 3.05) is 0 Å². The van der Waals surface area contributed by atoms with Crippen molar-refractivity contribution in [3.63, 3.8) is 0 Å². The molecule has 78 valence electrons. The standard InChI is InChI=1S/C12H25N/c1-4-5-12(13)11-7-9(2)6-10(3)8-11/h9-12H,4-8,13H2,1-3H3. The summed E-state index contributed by atoms with van der Waals surface area (Å²) in [5, 5.41) is 0. The predicted octanol–water partition coefficient (Wildman–Crippen LogP) is 3.19. The Hall–Kier alpha value is -0.0400. The van der Waals surface area contributed by atoms with Crippen molar-refractivity contribution in [2.45, 2.75) is 58.9 Å². The van der Waals surface area contributed by atoms with Gasteiger partial charge in [0.1, 0.15) is 0 Å². The monoisotopic (exact) mass is 183 g/mol. The van der Waals surface area contributed by atoms with Gasteiger partial charge in [0.2, 0.25) is 0 Å². The molecular formula is C12H25N. The fourth-order valence-electron chi connectivity index (χ4n) is 2.93. The summed E-state index contributed by atoms with van der Waals surface area (Å²) in [4.78, 5) is 0. The van der Waals surface area contributed by atoms with Gasteiger partial charge >= 0.3 is 0 Å². The van der Waals surface area contributed by atoms with Crippen molar-refractivity contribution >= 4 is 0 Å². The molecule has 3 unspecified atom stereocenters. The number of nitrogens with two attached hydrogens (primary N) is 1. The molecule has 1 aliphatic rings. The van der Waals surface area contributed by atoms with E-state index in [9.17, 15) is 0 Å². The molecule has 0 aromatic carbocycles. The zero-order chi connectivity index (χ0) is 9.84. The summed E-state index contributed by atoms with van der Waals surface area (Å²) in [7, 11) is 0. The smallest absolute Gasteiger partial charge is 0.00672 e. The van der Waals surface area contributed by atoms with E-state index >= 15 is 0 Å². The van der Waals surface area contributed by atoms with Crippen molar-refractivity contribution in [2.24, 2.45) is 23.5 Å². The van der Waals surface area contributed by atoms with E-state index < -0.39 is 0 Å². The molecule has 13 heavy (non-hydrogen) atoms. The van der Waals surface area contributed by atoms with Gasteiger partial charge in [-0.3, -0.25) is 0 Å². The number of hydrogen-bond acceptors (Lipinski definition) is 1. The van der Waals surface area contributed by atoms with Crippen LogP contribution in [0.25, 0.3) is 0 Å². The molecule has 1 nitrogen and oxygen atoms in total. The first-order valence-electron chi connectivity index (χ1n) is 5.89. The largest absolute Gasteiger partial charge is 0.327 e. The Morgan fingerprint density at radius 2 is 1.69 bits per heavy atom. The topological polar surface area (TPSA) is 26.0 Å². The maximum Gasteiger partial charge on any atom is 0.00672 e.